The second-order valence-corrected chi connectivity index (χ2v) is 6.26. The van der Waals surface area contributed by atoms with Gasteiger partial charge < -0.3 is 19.7 Å². The van der Waals surface area contributed by atoms with Gasteiger partial charge in [0, 0.05) is 18.8 Å². The van der Waals surface area contributed by atoms with Gasteiger partial charge in [0.25, 0.3) is 0 Å². The predicted molar refractivity (Wildman–Crippen MR) is 98.3 cm³/mol. The van der Waals surface area contributed by atoms with Crippen LogP contribution in [0.2, 0.25) is 0 Å². The molecule has 0 aliphatic carbocycles. The number of anilines is 1. The van der Waals surface area contributed by atoms with Crippen LogP contribution >= 0.6 is 0 Å². The normalized spacial score (nSPS) is 13.1. The number of rotatable bonds is 6. The largest absolute Gasteiger partial charge is 0.493 e. The van der Waals surface area contributed by atoms with Gasteiger partial charge >= 0.3 is 0 Å². The van der Waals surface area contributed by atoms with E-state index < -0.39 is 0 Å². The Labute approximate surface area is 152 Å². The summed E-state index contributed by atoms with van der Waals surface area (Å²) >= 11 is 0. The number of hydrogen-bond donors (Lipinski definition) is 1. The van der Waals surface area contributed by atoms with E-state index in [0.29, 0.717) is 18.0 Å². The molecule has 0 unspecified atom stereocenters. The Hall–Kier alpha value is -2.76. The molecule has 0 aromatic heterocycles. The highest BCUT2D eigenvalue weighted by Crippen LogP contribution is 2.28. The summed E-state index contributed by atoms with van der Waals surface area (Å²) in [5.74, 6) is 0.978. The van der Waals surface area contributed by atoms with Gasteiger partial charge in [-0.1, -0.05) is 6.07 Å². The fraction of sp³-hybridized carbons (Fsp3) is 0.350. The number of hydrogen-bond acceptors (Lipinski definition) is 4. The van der Waals surface area contributed by atoms with Crippen LogP contribution < -0.4 is 19.7 Å². The summed E-state index contributed by atoms with van der Waals surface area (Å²) in [5.41, 5.74) is 2.83. The average molecular weight is 358 g/mol. The third kappa shape index (κ3) is 4.07. The summed E-state index contributed by atoms with van der Waals surface area (Å²) in [6.45, 7) is 1.46. The van der Waals surface area contributed by atoms with Gasteiger partial charge in [-0.15, -0.1) is 0 Å². The number of fused-ring (bicyclic) bond motifs is 1. The number of ether oxygens (including phenoxy) is 2. The van der Waals surface area contributed by atoms with Crippen molar-refractivity contribution in [1.82, 2.24) is 5.32 Å². The van der Waals surface area contributed by atoms with E-state index in [1.165, 1.54) is 6.07 Å². The monoisotopic (exact) mass is 358 g/mol. The minimum Gasteiger partial charge on any atom is -0.493 e. The molecule has 0 saturated heterocycles. The number of nitrogens with one attached hydrogen (secondary N) is 1. The maximum absolute atomic E-state index is 13.4. The summed E-state index contributed by atoms with van der Waals surface area (Å²) < 4.78 is 23.9. The van der Waals surface area contributed by atoms with Gasteiger partial charge in [-0.05, 0) is 54.3 Å². The minimum absolute atomic E-state index is 0.0723. The van der Waals surface area contributed by atoms with Crippen LogP contribution in [-0.4, -0.2) is 33.2 Å². The molecule has 138 valence electrons. The van der Waals surface area contributed by atoms with Gasteiger partial charge in [-0.25, -0.2) is 4.39 Å². The summed E-state index contributed by atoms with van der Waals surface area (Å²) in [4.78, 5) is 14.4. The SMILES string of the molecule is COc1ccc(CNC(=O)CN2CCCc3cc(F)ccc32)cc1OC. The number of carbonyl (C=O) groups is 1. The Kier molecular flexibility index (Phi) is 5.61. The summed E-state index contributed by atoms with van der Waals surface area (Å²) in [6.07, 6.45) is 1.76. The lowest BCUT2D eigenvalue weighted by atomic mass is 10.0. The van der Waals surface area contributed by atoms with E-state index in [4.69, 9.17) is 9.47 Å². The zero-order chi connectivity index (χ0) is 18.5. The zero-order valence-electron chi connectivity index (χ0n) is 15.0. The highest BCUT2D eigenvalue weighted by molar-refractivity contribution is 5.82. The van der Waals surface area contributed by atoms with Crippen molar-refractivity contribution >= 4 is 11.6 Å². The molecule has 5 nitrogen and oxygen atoms in total. The molecule has 0 saturated carbocycles. The number of carbonyl (C=O) groups excluding carboxylic acids is 1. The highest BCUT2D eigenvalue weighted by atomic mass is 19.1. The smallest absolute Gasteiger partial charge is 0.239 e. The van der Waals surface area contributed by atoms with Crippen LogP contribution in [-0.2, 0) is 17.8 Å². The first-order chi connectivity index (χ1) is 12.6. The van der Waals surface area contributed by atoms with Crippen LogP contribution in [0.3, 0.4) is 0 Å². The van der Waals surface area contributed by atoms with Gasteiger partial charge in [-0.3, -0.25) is 4.79 Å². The van der Waals surface area contributed by atoms with E-state index >= 15 is 0 Å². The van der Waals surface area contributed by atoms with E-state index in [1.807, 2.05) is 23.1 Å². The molecular formula is C20H23FN2O3. The Bertz CT molecular complexity index is 795. The molecule has 0 fully saturated rings. The molecule has 1 N–H and O–H groups in total. The van der Waals surface area contributed by atoms with Crippen molar-refractivity contribution in [3.63, 3.8) is 0 Å². The maximum atomic E-state index is 13.4. The molecule has 0 atom stereocenters. The van der Waals surface area contributed by atoms with E-state index in [-0.39, 0.29) is 18.3 Å². The zero-order valence-corrected chi connectivity index (χ0v) is 15.0. The van der Waals surface area contributed by atoms with Crippen molar-refractivity contribution in [3.05, 3.63) is 53.3 Å². The Morgan fingerprint density at radius 1 is 1.15 bits per heavy atom. The second-order valence-electron chi connectivity index (χ2n) is 6.26. The maximum Gasteiger partial charge on any atom is 0.239 e. The van der Waals surface area contributed by atoms with Crippen LogP contribution in [0.5, 0.6) is 11.5 Å². The van der Waals surface area contributed by atoms with Crippen molar-refractivity contribution in [2.75, 3.05) is 32.2 Å². The number of halogens is 1. The number of aryl methyl sites for hydroxylation is 1. The fourth-order valence-electron chi connectivity index (χ4n) is 3.23. The van der Waals surface area contributed by atoms with E-state index in [1.54, 1.807) is 26.4 Å². The third-order valence-corrected chi connectivity index (χ3v) is 4.53. The average Bonchev–Trinajstić information content (AvgIpc) is 2.66. The van der Waals surface area contributed by atoms with Gasteiger partial charge in [0.05, 0.1) is 20.8 Å². The first-order valence-corrected chi connectivity index (χ1v) is 8.61. The van der Waals surface area contributed by atoms with Crippen LogP contribution in [0.1, 0.15) is 17.5 Å². The third-order valence-electron chi connectivity index (χ3n) is 4.53. The number of benzene rings is 2. The van der Waals surface area contributed by atoms with Crippen molar-refractivity contribution in [2.45, 2.75) is 19.4 Å². The summed E-state index contributed by atoms with van der Waals surface area (Å²) in [5, 5.41) is 2.93. The van der Waals surface area contributed by atoms with E-state index in [2.05, 4.69) is 5.32 Å². The molecule has 0 spiro atoms. The van der Waals surface area contributed by atoms with Crippen LogP contribution in [0.25, 0.3) is 0 Å². The number of nitrogens with zero attached hydrogens (tertiary/aromatic N) is 1. The van der Waals surface area contributed by atoms with Crippen LogP contribution in [0.15, 0.2) is 36.4 Å². The second kappa shape index (κ2) is 8.08. The molecule has 26 heavy (non-hydrogen) atoms. The van der Waals surface area contributed by atoms with Gasteiger partial charge in [0.1, 0.15) is 5.82 Å². The molecule has 3 rings (SSSR count). The van der Waals surface area contributed by atoms with Gasteiger partial charge in [0.2, 0.25) is 5.91 Å². The number of amides is 1. The molecule has 2 aromatic rings. The Balaban J connectivity index is 1.60. The number of methoxy groups -OCH3 is 2. The van der Waals surface area contributed by atoms with Gasteiger partial charge in [0.15, 0.2) is 11.5 Å². The summed E-state index contributed by atoms with van der Waals surface area (Å²) in [6, 6.07) is 10.3. The molecule has 1 aliphatic heterocycles. The topological polar surface area (TPSA) is 50.8 Å². The minimum atomic E-state index is -0.233. The van der Waals surface area contributed by atoms with Crippen molar-refractivity contribution < 1.29 is 18.7 Å². The van der Waals surface area contributed by atoms with Crippen LogP contribution in [0.4, 0.5) is 10.1 Å². The lowest BCUT2D eigenvalue weighted by molar-refractivity contribution is -0.119. The van der Waals surface area contributed by atoms with Gasteiger partial charge in [-0.2, -0.15) is 0 Å². The summed E-state index contributed by atoms with van der Waals surface area (Å²) in [7, 11) is 3.17. The van der Waals surface area contributed by atoms with E-state index in [9.17, 15) is 9.18 Å². The highest BCUT2D eigenvalue weighted by Gasteiger charge is 2.19. The van der Waals surface area contributed by atoms with Crippen molar-refractivity contribution in [1.29, 1.82) is 0 Å². The van der Waals surface area contributed by atoms with Crippen LogP contribution in [0, 0.1) is 5.82 Å². The fourth-order valence-corrected chi connectivity index (χ4v) is 3.23. The first kappa shape index (κ1) is 18.0. The standard InChI is InChI=1S/C20H23FN2O3/c1-25-18-8-5-14(10-19(18)26-2)12-22-20(24)13-23-9-3-4-15-11-16(21)6-7-17(15)23/h5-8,10-11H,3-4,9,12-13H2,1-2H3,(H,22,24). The molecule has 0 bridgehead atoms. The Morgan fingerprint density at radius 3 is 2.73 bits per heavy atom. The molecule has 1 amide bonds. The van der Waals surface area contributed by atoms with E-state index in [0.717, 1.165) is 36.2 Å². The molecule has 1 heterocycles. The molecular weight excluding hydrogens is 335 g/mol. The predicted octanol–water partition coefficient (Wildman–Crippen LogP) is 2.91. The molecule has 0 radical (unpaired) electrons. The van der Waals surface area contributed by atoms with Crippen molar-refractivity contribution in [3.8, 4) is 11.5 Å². The lowest BCUT2D eigenvalue weighted by Gasteiger charge is -2.30. The molecule has 6 heteroatoms. The first-order valence-electron chi connectivity index (χ1n) is 8.61. The molecule has 2 aromatic carbocycles. The Morgan fingerprint density at radius 2 is 1.96 bits per heavy atom. The quantitative estimate of drug-likeness (QED) is 0.863. The molecule has 1 aliphatic rings. The lowest BCUT2D eigenvalue weighted by Crippen LogP contribution is -2.39. The van der Waals surface area contributed by atoms with Crippen molar-refractivity contribution in [2.24, 2.45) is 0 Å².